The van der Waals surface area contributed by atoms with E-state index in [0.29, 0.717) is 49.6 Å². The van der Waals surface area contributed by atoms with Gasteiger partial charge in [0.2, 0.25) is 5.91 Å². The lowest BCUT2D eigenvalue weighted by atomic mass is 10.0. The van der Waals surface area contributed by atoms with E-state index in [-0.39, 0.29) is 29.6 Å². The molecule has 0 aromatic heterocycles. The number of benzene rings is 3. The fourth-order valence-corrected chi connectivity index (χ4v) is 5.17. The van der Waals surface area contributed by atoms with E-state index in [2.05, 4.69) is 10.6 Å². The number of nitrogens with zero attached hydrogens (tertiary/aromatic N) is 1. The second-order valence-corrected chi connectivity index (χ2v) is 10.6. The number of aryl methyl sites for hydroxylation is 1. The summed E-state index contributed by atoms with van der Waals surface area (Å²) in [4.78, 5) is 40.2. The predicted octanol–water partition coefficient (Wildman–Crippen LogP) is 3.91. The zero-order chi connectivity index (χ0) is 29.6. The van der Waals surface area contributed by atoms with Crippen molar-refractivity contribution in [2.45, 2.75) is 38.0 Å². The number of carbonyl (C=O) groups is 3. The van der Waals surface area contributed by atoms with Crippen LogP contribution in [0.5, 0.6) is 17.2 Å². The van der Waals surface area contributed by atoms with E-state index in [0.717, 1.165) is 17.2 Å². The molecule has 0 radical (unpaired) electrons. The highest BCUT2D eigenvalue weighted by Crippen LogP contribution is 2.29. The van der Waals surface area contributed by atoms with Gasteiger partial charge in [0.15, 0.2) is 18.1 Å². The Morgan fingerprint density at radius 3 is 2.57 bits per heavy atom. The Morgan fingerprint density at radius 1 is 1.02 bits per heavy atom. The summed E-state index contributed by atoms with van der Waals surface area (Å²) in [6, 6.07) is 15.9. The van der Waals surface area contributed by atoms with E-state index < -0.39 is 29.8 Å². The van der Waals surface area contributed by atoms with Crippen molar-refractivity contribution < 1.29 is 33.0 Å². The molecule has 3 amide bonds. The molecule has 1 fully saturated rings. The van der Waals surface area contributed by atoms with Gasteiger partial charge in [0.1, 0.15) is 17.7 Å². The summed E-state index contributed by atoms with van der Waals surface area (Å²) < 4.78 is 32.0. The van der Waals surface area contributed by atoms with Gasteiger partial charge in [-0.3, -0.25) is 14.4 Å². The molecule has 8 rings (SSSR count). The van der Waals surface area contributed by atoms with Crippen LogP contribution in [0.4, 0.5) is 4.39 Å². The van der Waals surface area contributed by atoms with Crippen molar-refractivity contribution in [2.24, 2.45) is 0 Å². The number of piperidine rings is 1. The van der Waals surface area contributed by atoms with E-state index in [4.69, 9.17) is 25.8 Å². The van der Waals surface area contributed by atoms with Crippen LogP contribution in [0, 0.1) is 5.82 Å². The number of halogens is 2. The Morgan fingerprint density at radius 2 is 1.81 bits per heavy atom. The quantitative estimate of drug-likeness (QED) is 0.465. The van der Waals surface area contributed by atoms with Gasteiger partial charge in [0.05, 0.1) is 18.7 Å². The third-order valence-electron chi connectivity index (χ3n) is 7.27. The molecule has 9 nitrogen and oxygen atoms in total. The Balaban J connectivity index is 1.38. The first-order valence-electron chi connectivity index (χ1n) is 13.6. The topological polar surface area (TPSA) is 106 Å². The highest BCUT2D eigenvalue weighted by atomic mass is 35.5. The smallest absolute Gasteiger partial charge is 0.258 e. The van der Waals surface area contributed by atoms with Crippen molar-refractivity contribution >= 4 is 29.3 Å². The van der Waals surface area contributed by atoms with Crippen molar-refractivity contribution in [2.75, 3.05) is 26.8 Å². The van der Waals surface area contributed by atoms with Crippen molar-refractivity contribution in [3.05, 3.63) is 88.2 Å². The Labute approximate surface area is 247 Å². The second kappa shape index (κ2) is 13.1. The molecule has 2 atom stereocenters. The summed E-state index contributed by atoms with van der Waals surface area (Å²) in [7, 11) is 1.50. The monoisotopic (exact) mass is 595 g/mol. The molecule has 42 heavy (non-hydrogen) atoms. The molecule has 5 heterocycles. The van der Waals surface area contributed by atoms with Gasteiger partial charge in [-0.25, -0.2) is 4.39 Å². The van der Waals surface area contributed by atoms with E-state index in [1.807, 2.05) is 18.2 Å². The number of amides is 3. The Hall–Kier alpha value is -4.31. The molecule has 4 bridgehead atoms. The number of nitrogens with one attached hydrogen (secondary N) is 2. The lowest BCUT2D eigenvalue weighted by Gasteiger charge is -2.39. The standard InChI is InChI=1S/C31H31ClFN3O6/c1-40-28-14-19-4-10-27(28)41-18-30(38)35-25-17-36(31(39)23-9-6-21(32)15-24(23)33)13-12-26(25)42-22-7-2-20(3-8-22)16-34-29(37)11-5-19/h2-4,6-10,14-15,25-26H,5,11-13,16-18H2,1H3,(H,34,37)(H,35,38)/t25-,26-/m1/s1. The summed E-state index contributed by atoms with van der Waals surface area (Å²) in [5.74, 6) is -0.327. The van der Waals surface area contributed by atoms with Gasteiger partial charge in [-0.15, -0.1) is 0 Å². The second-order valence-electron chi connectivity index (χ2n) is 10.2. The van der Waals surface area contributed by atoms with Gasteiger partial charge >= 0.3 is 0 Å². The van der Waals surface area contributed by atoms with E-state index >= 15 is 0 Å². The molecule has 3 aromatic carbocycles. The van der Waals surface area contributed by atoms with Gasteiger partial charge in [-0.1, -0.05) is 29.8 Å². The van der Waals surface area contributed by atoms with Crippen LogP contribution < -0.4 is 24.8 Å². The molecule has 0 aliphatic carbocycles. The summed E-state index contributed by atoms with van der Waals surface area (Å²) in [5, 5.41) is 6.06. The fraction of sp³-hybridized carbons (Fsp3) is 0.323. The minimum atomic E-state index is -0.712. The fourth-order valence-electron chi connectivity index (χ4n) is 5.01. The van der Waals surface area contributed by atoms with Crippen molar-refractivity contribution in [1.82, 2.24) is 15.5 Å². The van der Waals surface area contributed by atoms with E-state index in [1.165, 1.54) is 24.1 Å². The van der Waals surface area contributed by atoms with Crippen LogP contribution in [0.1, 0.15) is 34.3 Å². The van der Waals surface area contributed by atoms with E-state index in [9.17, 15) is 18.8 Å². The molecule has 5 aliphatic rings. The molecule has 220 valence electrons. The predicted molar refractivity (Wildman–Crippen MR) is 153 cm³/mol. The summed E-state index contributed by atoms with van der Waals surface area (Å²) in [5.41, 5.74) is 1.70. The highest BCUT2D eigenvalue weighted by molar-refractivity contribution is 6.30. The van der Waals surface area contributed by atoms with Crippen LogP contribution in [0.3, 0.4) is 0 Å². The first-order chi connectivity index (χ1) is 20.3. The average molecular weight is 596 g/mol. The molecule has 11 heteroatoms. The van der Waals surface area contributed by atoms with E-state index in [1.54, 1.807) is 24.3 Å². The molecule has 0 saturated carbocycles. The zero-order valence-corrected chi connectivity index (χ0v) is 23.8. The van der Waals surface area contributed by atoms with Crippen LogP contribution >= 0.6 is 11.6 Å². The third-order valence-corrected chi connectivity index (χ3v) is 7.51. The SMILES string of the molecule is COc1cc2ccc1OCC(=O)N[C@@H]1CN(C(=O)c3ccc(Cl)cc3F)CC[C@H]1Oc1ccc(cc1)CNC(=O)CC2. The number of hydrogen-bond donors (Lipinski definition) is 2. The number of ether oxygens (including phenoxy) is 3. The maximum Gasteiger partial charge on any atom is 0.258 e. The number of carbonyl (C=O) groups excluding carboxylic acids is 3. The summed E-state index contributed by atoms with van der Waals surface area (Å²) >= 11 is 5.86. The Kier molecular flexibility index (Phi) is 9.12. The summed E-state index contributed by atoms with van der Waals surface area (Å²) in [6.45, 7) is 0.451. The maximum absolute atomic E-state index is 14.5. The minimum Gasteiger partial charge on any atom is -0.493 e. The van der Waals surface area contributed by atoms with Crippen LogP contribution in [0.2, 0.25) is 5.02 Å². The average Bonchev–Trinajstić information content (AvgIpc) is 2.99. The molecule has 5 aliphatic heterocycles. The van der Waals surface area contributed by atoms with Gasteiger partial charge in [0, 0.05) is 37.5 Å². The third kappa shape index (κ3) is 7.12. The maximum atomic E-state index is 14.5. The van der Waals surface area contributed by atoms with Gasteiger partial charge < -0.3 is 29.7 Å². The Bertz CT molecular complexity index is 1470. The van der Waals surface area contributed by atoms with Crippen LogP contribution in [-0.4, -0.2) is 61.6 Å². The van der Waals surface area contributed by atoms with Crippen LogP contribution in [0.15, 0.2) is 60.7 Å². The lowest BCUT2D eigenvalue weighted by molar-refractivity contribution is -0.125. The molecular formula is C31H31ClFN3O6. The van der Waals surface area contributed by atoms with Crippen molar-refractivity contribution in [3.63, 3.8) is 0 Å². The zero-order valence-electron chi connectivity index (χ0n) is 23.0. The molecular weight excluding hydrogens is 565 g/mol. The molecule has 2 N–H and O–H groups in total. The van der Waals surface area contributed by atoms with Gasteiger partial charge in [0.25, 0.3) is 11.8 Å². The van der Waals surface area contributed by atoms with Crippen molar-refractivity contribution in [1.29, 1.82) is 0 Å². The number of likely N-dealkylation sites (tertiary alicyclic amines) is 1. The first-order valence-corrected chi connectivity index (χ1v) is 14.0. The summed E-state index contributed by atoms with van der Waals surface area (Å²) in [6.07, 6.45) is 0.728. The molecule has 0 unspecified atom stereocenters. The number of hydrogen-bond acceptors (Lipinski definition) is 6. The van der Waals surface area contributed by atoms with Gasteiger partial charge in [-0.05, 0) is 60.0 Å². The molecule has 1 saturated heterocycles. The largest absolute Gasteiger partial charge is 0.493 e. The normalized spacial score (nSPS) is 19.5. The molecule has 3 aromatic rings. The van der Waals surface area contributed by atoms with Crippen molar-refractivity contribution in [3.8, 4) is 17.2 Å². The number of methoxy groups -OCH3 is 1. The number of rotatable bonds is 2. The van der Waals surface area contributed by atoms with Crippen LogP contribution in [0.25, 0.3) is 0 Å². The van der Waals surface area contributed by atoms with Crippen LogP contribution in [-0.2, 0) is 22.6 Å². The minimum absolute atomic E-state index is 0.0803. The molecule has 0 spiro atoms. The van der Waals surface area contributed by atoms with Gasteiger partial charge in [-0.2, -0.15) is 0 Å². The highest BCUT2D eigenvalue weighted by Gasteiger charge is 2.35. The lowest BCUT2D eigenvalue weighted by Crippen LogP contribution is -2.58. The first kappa shape index (κ1) is 29.2.